The number of nitrogens with zero attached hydrogens (tertiary/aromatic N) is 5. The second-order valence-electron chi connectivity index (χ2n) is 9.40. The number of halogens is 2. The molecule has 1 unspecified atom stereocenters. The average molecular weight is 539 g/mol. The number of carbonyl (C=O) groups excluding carboxylic acids is 1. The summed E-state index contributed by atoms with van der Waals surface area (Å²) < 4.78 is 32.2. The lowest BCUT2D eigenvalue weighted by Gasteiger charge is -2.32. The van der Waals surface area contributed by atoms with Crippen LogP contribution in [0.3, 0.4) is 0 Å². The molecule has 2 N–H and O–H groups in total. The molecule has 0 bridgehead atoms. The molecule has 2 aromatic carbocycles. The Morgan fingerprint density at radius 1 is 1.08 bits per heavy atom. The summed E-state index contributed by atoms with van der Waals surface area (Å²) in [6, 6.07) is 10.0. The second-order valence-corrected chi connectivity index (χ2v) is 9.40. The van der Waals surface area contributed by atoms with Crippen LogP contribution in [0.25, 0.3) is 22.0 Å². The van der Waals surface area contributed by atoms with Gasteiger partial charge >= 0.3 is 6.61 Å². The van der Waals surface area contributed by atoms with Crippen molar-refractivity contribution in [3.05, 3.63) is 70.3 Å². The van der Waals surface area contributed by atoms with E-state index in [9.17, 15) is 23.5 Å². The minimum Gasteiger partial charge on any atom is -0.435 e. The Labute approximate surface area is 222 Å². The molecule has 10 nitrogen and oxygen atoms in total. The Kier molecular flexibility index (Phi) is 7.55. The van der Waals surface area contributed by atoms with Gasteiger partial charge in [0.05, 0.1) is 17.0 Å². The van der Waals surface area contributed by atoms with Gasteiger partial charge in [-0.25, -0.2) is 9.97 Å². The van der Waals surface area contributed by atoms with Crippen molar-refractivity contribution in [2.75, 3.05) is 31.1 Å². The predicted molar refractivity (Wildman–Crippen MR) is 141 cm³/mol. The van der Waals surface area contributed by atoms with Crippen molar-refractivity contribution >= 4 is 23.3 Å². The van der Waals surface area contributed by atoms with E-state index < -0.39 is 12.7 Å². The molecule has 204 valence electrons. The van der Waals surface area contributed by atoms with Crippen molar-refractivity contribution in [2.24, 2.45) is 0 Å². The van der Waals surface area contributed by atoms with Gasteiger partial charge in [-0.3, -0.25) is 19.4 Å². The number of amides is 1. The van der Waals surface area contributed by atoms with Gasteiger partial charge in [-0.05, 0) is 54.3 Å². The topological polar surface area (TPSA) is 117 Å². The number of piperazine rings is 1. The number of aromatic amines is 1. The van der Waals surface area contributed by atoms with Crippen molar-refractivity contribution in [3.63, 3.8) is 0 Å². The van der Waals surface area contributed by atoms with Crippen LogP contribution in [-0.2, 0) is 17.8 Å². The summed E-state index contributed by atoms with van der Waals surface area (Å²) in [5.41, 5.74) is 3.03. The monoisotopic (exact) mass is 538 g/mol. The van der Waals surface area contributed by atoms with Gasteiger partial charge in [0.2, 0.25) is 12.4 Å². The third-order valence-electron chi connectivity index (χ3n) is 6.88. The predicted octanol–water partition coefficient (Wildman–Crippen LogP) is 2.96. The average Bonchev–Trinajstić information content (AvgIpc) is 3.26. The van der Waals surface area contributed by atoms with Crippen LogP contribution < -0.4 is 15.2 Å². The van der Waals surface area contributed by atoms with Crippen LogP contribution in [0.4, 0.5) is 14.7 Å². The minimum absolute atomic E-state index is 0.0266. The van der Waals surface area contributed by atoms with E-state index in [0.717, 1.165) is 17.5 Å². The van der Waals surface area contributed by atoms with E-state index in [1.165, 1.54) is 6.07 Å². The zero-order valence-corrected chi connectivity index (χ0v) is 21.3. The zero-order valence-electron chi connectivity index (χ0n) is 21.3. The van der Waals surface area contributed by atoms with Gasteiger partial charge in [-0.15, -0.1) is 0 Å². The van der Waals surface area contributed by atoms with Gasteiger partial charge in [0.25, 0.3) is 5.56 Å². The maximum Gasteiger partial charge on any atom is 0.387 e. The van der Waals surface area contributed by atoms with E-state index in [1.807, 2.05) is 17.0 Å². The number of aliphatic hydroxyl groups excluding tert-OH is 1. The first-order chi connectivity index (χ1) is 18.8. The fraction of sp³-hybridized carbons (Fsp3) is 0.333. The first-order valence-electron chi connectivity index (χ1n) is 12.6. The molecule has 4 aromatic rings. The number of carbonyl (C=O) groups is 1. The van der Waals surface area contributed by atoms with Gasteiger partial charge in [0, 0.05) is 50.7 Å². The largest absolute Gasteiger partial charge is 0.435 e. The number of fused-ring (bicyclic) bond motifs is 1. The van der Waals surface area contributed by atoms with Crippen LogP contribution in [-0.4, -0.2) is 69.0 Å². The Morgan fingerprint density at radius 3 is 2.49 bits per heavy atom. The van der Waals surface area contributed by atoms with Crippen LogP contribution in [0.5, 0.6) is 5.75 Å². The second kappa shape index (κ2) is 11.2. The molecule has 2 aromatic heterocycles. The molecule has 0 radical (unpaired) electrons. The number of anilines is 1. The number of H-pyrrole nitrogens is 1. The summed E-state index contributed by atoms with van der Waals surface area (Å²) in [6.07, 6.45) is 3.80. The SMILES string of the molecule is CC(O)c1ccc(OC(F)F)c(CCn2[nH]c(=O)c3ccc(-c4cnc(N5CCN(C=O)CC5)nc4)cc32)c1. The molecule has 1 atom stereocenters. The molecule has 1 amide bonds. The van der Waals surface area contributed by atoms with E-state index in [-0.39, 0.29) is 24.3 Å². The fourth-order valence-electron chi connectivity index (χ4n) is 4.70. The van der Waals surface area contributed by atoms with E-state index in [4.69, 9.17) is 0 Å². The quantitative estimate of drug-likeness (QED) is 0.315. The van der Waals surface area contributed by atoms with E-state index in [2.05, 4.69) is 19.8 Å². The lowest BCUT2D eigenvalue weighted by Crippen LogP contribution is -2.46. The number of hydrogen-bond acceptors (Lipinski definition) is 7. The third kappa shape index (κ3) is 5.75. The van der Waals surface area contributed by atoms with Crippen molar-refractivity contribution in [1.29, 1.82) is 0 Å². The van der Waals surface area contributed by atoms with Gasteiger partial charge in [0.15, 0.2) is 0 Å². The normalized spacial score (nSPS) is 14.7. The summed E-state index contributed by atoms with van der Waals surface area (Å²) in [7, 11) is 0. The molecular weight excluding hydrogens is 510 g/mol. The maximum atomic E-state index is 12.9. The number of aromatic nitrogens is 4. The van der Waals surface area contributed by atoms with Crippen molar-refractivity contribution in [1.82, 2.24) is 24.6 Å². The summed E-state index contributed by atoms with van der Waals surface area (Å²) in [4.78, 5) is 36.3. The Morgan fingerprint density at radius 2 is 1.82 bits per heavy atom. The van der Waals surface area contributed by atoms with Gasteiger partial charge in [0.1, 0.15) is 5.75 Å². The first kappa shape index (κ1) is 26.3. The number of aryl methyl sites for hydroxylation is 2. The van der Waals surface area contributed by atoms with Crippen molar-refractivity contribution < 1.29 is 23.4 Å². The summed E-state index contributed by atoms with van der Waals surface area (Å²) in [6.45, 7) is 1.45. The molecule has 5 rings (SSSR count). The molecule has 1 aliphatic rings. The number of alkyl halides is 2. The highest BCUT2D eigenvalue weighted by molar-refractivity contribution is 5.84. The lowest BCUT2D eigenvalue weighted by atomic mass is 10.0. The molecule has 1 saturated heterocycles. The molecule has 1 aliphatic heterocycles. The minimum atomic E-state index is -2.98. The highest BCUT2D eigenvalue weighted by Gasteiger charge is 2.18. The Bertz CT molecular complexity index is 1510. The first-order valence-corrected chi connectivity index (χ1v) is 12.6. The van der Waals surface area contributed by atoms with Crippen LogP contribution in [0.2, 0.25) is 0 Å². The molecular formula is C27H28F2N6O4. The highest BCUT2D eigenvalue weighted by atomic mass is 19.3. The lowest BCUT2D eigenvalue weighted by molar-refractivity contribution is -0.118. The van der Waals surface area contributed by atoms with E-state index >= 15 is 0 Å². The fourth-order valence-corrected chi connectivity index (χ4v) is 4.70. The summed E-state index contributed by atoms with van der Waals surface area (Å²) in [5, 5.41) is 13.2. The summed E-state index contributed by atoms with van der Waals surface area (Å²) in [5.74, 6) is 0.615. The van der Waals surface area contributed by atoms with Gasteiger partial charge in [-0.2, -0.15) is 8.78 Å². The van der Waals surface area contributed by atoms with Gasteiger partial charge < -0.3 is 19.6 Å². The van der Waals surface area contributed by atoms with E-state index in [0.29, 0.717) is 54.2 Å². The summed E-state index contributed by atoms with van der Waals surface area (Å²) >= 11 is 0. The number of benzene rings is 2. The standard InChI is InChI=1S/C27H28F2N6O4/c1-17(37)18-3-5-24(39-26(28)29)20(12-18)6-7-35-23-13-19(2-4-22(23)25(38)32-35)21-14-30-27(31-15-21)34-10-8-33(16-36)9-11-34/h2-5,12-17,26,37H,6-11H2,1H3,(H,32,38). The number of nitrogens with one attached hydrogen (secondary N) is 1. The number of ether oxygens (including phenoxy) is 1. The maximum absolute atomic E-state index is 12.9. The third-order valence-corrected chi connectivity index (χ3v) is 6.88. The zero-order chi connectivity index (χ0) is 27.5. The van der Waals surface area contributed by atoms with Gasteiger partial charge in [-0.1, -0.05) is 12.1 Å². The number of rotatable bonds is 9. The molecule has 39 heavy (non-hydrogen) atoms. The van der Waals surface area contributed by atoms with Crippen LogP contribution in [0, 0.1) is 0 Å². The number of hydrogen-bond donors (Lipinski definition) is 2. The van der Waals surface area contributed by atoms with Crippen LogP contribution in [0.1, 0.15) is 24.2 Å². The molecule has 0 saturated carbocycles. The van der Waals surface area contributed by atoms with Crippen molar-refractivity contribution in [3.8, 4) is 16.9 Å². The molecule has 12 heteroatoms. The van der Waals surface area contributed by atoms with Crippen LogP contribution in [0.15, 0.2) is 53.6 Å². The highest BCUT2D eigenvalue weighted by Crippen LogP contribution is 2.27. The molecule has 0 spiro atoms. The van der Waals surface area contributed by atoms with Crippen molar-refractivity contribution in [2.45, 2.75) is 32.6 Å². The van der Waals surface area contributed by atoms with Crippen LogP contribution >= 0.6 is 0 Å². The Balaban J connectivity index is 1.38. The smallest absolute Gasteiger partial charge is 0.387 e. The molecule has 1 fully saturated rings. The number of aliphatic hydroxyl groups is 1. The molecule has 3 heterocycles. The Hall–Kier alpha value is -4.32. The van der Waals surface area contributed by atoms with E-state index in [1.54, 1.807) is 47.1 Å². The molecule has 0 aliphatic carbocycles.